The average molecular weight is 430 g/mol. The number of fused-ring (bicyclic) bond motifs is 9. The van der Waals surface area contributed by atoms with Gasteiger partial charge in [-0.25, -0.2) is 0 Å². The summed E-state index contributed by atoms with van der Waals surface area (Å²) in [4.78, 5) is 0. The first kappa shape index (κ1) is 17.2. The Morgan fingerprint density at radius 3 is 1.82 bits per heavy atom. The summed E-state index contributed by atoms with van der Waals surface area (Å²) in [7, 11) is 2.23. The minimum atomic E-state index is 1.29. The van der Waals surface area contributed by atoms with E-state index >= 15 is 0 Å². The smallest absolute Gasteiger partial charge is 0.0575 e. The molecule has 0 saturated heterocycles. The van der Waals surface area contributed by atoms with Gasteiger partial charge in [-0.05, 0) is 49.2 Å². The first-order chi connectivity index (χ1) is 16.8. The molecule has 9 aromatic rings. The number of hydrogen-bond donors (Lipinski definition) is 0. The largest absolute Gasteiger partial charge is 0.343 e. The van der Waals surface area contributed by atoms with Crippen molar-refractivity contribution in [1.29, 1.82) is 0 Å². The molecule has 1 heteroatoms. The van der Waals surface area contributed by atoms with Crippen molar-refractivity contribution in [3.63, 3.8) is 0 Å². The molecule has 1 aromatic heterocycles. The molecule has 1 heterocycles. The first-order valence-electron chi connectivity index (χ1n) is 11.9. The molecule has 0 fully saturated rings. The van der Waals surface area contributed by atoms with Crippen LogP contribution in [0.1, 0.15) is 0 Å². The summed E-state index contributed by atoms with van der Waals surface area (Å²) in [6.45, 7) is 0. The molecule has 0 aliphatic rings. The van der Waals surface area contributed by atoms with Crippen LogP contribution >= 0.6 is 0 Å². The predicted molar refractivity (Wildman–Crippen MR) is 148 cm³/mol. The molecular weight excluding hydrogens is 410 g/mol. The van der Waals surface area contributed by atoms with E-state index in [2.05, 4.69) is 109 Å². The quantitative estimate of drug-likeness (QED) is 0.167. The molecule has 9 rings (SSSR count). The number of benzene rings is 8. The molecular formula is C33H19N. The predicted octanol–water partition coefficient (Wildman–Crippen LogP) is 9.13. The first-order valence-corrected chi connectivity index (χ1v) is 11.9. The van der Waals surface area contributed by atoms with Crippen molar-refractivity contribution >= 4 is 86.4 Å². The number of aryl methyl sites for hydroxylation is 1. The Kier molecular flexibility index (Phi) is 2.81. The van der Waals surface area contributed by atoms with Gasteiger partial charge in [0.1, 0.15) is 0 Å². The van der Waals surface area contributed by atoms with E-state index in [0.717, 1.165) is 0 Å². The highest BCUT2D eigenvalue weighted by Crippen LogP contribution is 2.52. The Bertz CT molecular complexity index is 2280. The zero-order valence-electron chi connectivity index (χ0n) is 18.7. The zero-order valence-corrected chi connectivity index (χ0v) is 18.7. The van der Waals surface area contributed by atoms with Gasteiger partial charge in [0.2, 0.25) is 0 Å². The van der Waals surface area contributed by atoms with Crippen molar-refractivity contribution < 1.29 is 0 Å². The molecule has 0 aliphatic carbocycles. The fourth-order valence-electron chi connectivity index (χ4n) is 7.00. The van der Waals surface area contributed by atoms with Crippen LogP contribution in [0.4, 0.5) is 0 Å². The lowest BCUT2D eigenvalue weighted by Crippen LogP contribution is -1.94. The van der Waals surface area contributed by atoms with Gasteiger partial charge in [0.15, 0.2) is 0 Å². The highest BCUT2D eigenvalue weighted by atomic mass is 14.9. The second-order valence-corrected chi connectivity index (χ2v) is 9.72. The van der Waals surface area contributed by atoms with E-state index in [1.807, 2.05) is 0 Å². The number of hydrogen-bond acceptors (Lipinski definition) is 0. The topological polar surface area (TPSA) is 4.93 Å². The van der Waals surface area contributed by atoms with Crippen molar-refractivity contribution in [3.8, 4) is 0 Å². The van der Waals surface area contributed by atoms with Crippen LogP contribution in [0.15, 0.2) is 97.1 Å². The molecule has 34 heavy (non-hydrogen) atoms. The van der Waals surface area contributed by atoms with Crippen molar-refractivity contribution in [1.82, 2.24) is 4.57 Å². The van der Waals surface area contributed by atoms with Gasteiger partial charge in [-0.1, -0.05) is 91.0 Å². The van der Waals surface area contributed by atoms with Crippen LogP contribution in [-0.2, 0) is 7.05 Å². The third-order valence-electron chi connectivity index (χ3n) is 8.25. The monoisotopic (exact) mass is 429 g/mol. The molecule has 0 spiro atoms. The van der Waals surface area contributed by atoms with E-state index in [9.17, 15) is 0 Å². The lowest BCUT2D eigenvalue weighted by Gasteiger charge is -2.21. The number of rotatable bonds is 0. The van der Waals surface area contributed by atoms with E-state index in [1.165, 1.54) is 86.4 Å². The molecule has 156 valence electrons. The van der Waals surface area contributed by atoms with Crippen LogP contribution < -0.4 is 0 Å². The van der Waals surface area contributed by atoms with Gasteiger partial charge in [0.05, 0.1) is 5.52 Å². The summed E-state index contributed by atoms with van der Waals surface area (Å²) in [6.07, 6.45) is 0. The van der Waals surface area contributed by atoms with Gasteiger partial charge in [0.25, 0.3) is 0 Å². The van der Waals surface area contributed by atoms with E-state index < -0.39 is 0 Å². The molecule has 1 nitrogen and oxygen atoms in total. The average Bonchev–Trinajstić information content (AvgIpc) is 3.20. The van der Waals surface area contributed by atoms with Crippen molar-refractivity contribution in [2.24, 2.45) is 7.05 Å². The third kappa shape index (κ3) is 1.72. The Balaban J connectivity index is 1.85. The molecule has 0 N–H and O–H groups in total. The van der Waals surface area contributed by atoms with Crippen LogP contribution in [0.5, 0.6) is 0 Å². The number of nitrogens with zero attached hydrogens (tertiary/aromatic N) is 1. The fourth-order valence-corrected chi connectivity index (χ4v) is 7.00. The normalized spacial score (nSPS) is 12.9. The molecule has 0 bridgehead atoms. The summed E-state index contributed by atoms with van der Waals surface area (Å²) >= 11 is 0. The molecule has 0 aliphatic heterocycles. The Hall–Kier alpha value is -4.36. The molecule has 8 aromatic carbocycles. The van der Waals surface area contributed by atoms with Gasteiger partial charge in [-0.15, -0.1) is 0 Å². The Morgan fingerprint density at radius 2 is 0.971 bits per heavy atom. The van der Waals surface area contributed by atoms with Crippen molar-refractivity contribution in [3.05, 3.63) is 97.1 Å². The summed E-state index contributed by atoms with van der Waals surface area (Å²) in [6, 6.07) is 36.2. The minimum Gasteiger partial charge on any atom is -0.343 e. The van der Waals surface area contributed by atoms with Crippen LogP contribution in [0.25, 0.3) is 86.4 Å². The second-order valence-electron chi connectivity index (χ2n) is 9.72. The maximum absolute atomic E-state index is 2.41. The summed E-state index contributed by atoms with van der Waals surface area (Å²) in [5.74, 6) is 0. The van der Waals surface area contributed by atoms with E-state index in [0.29, 0.717) is 0 Å². The lowest BCUT2D eigenvalue weighted by molar-refractivity contribution is 1.02. The second kappa shape index (κ2) is 5.58. The van der Waals surface area contributed by atoms with Crippen LogP contribution in [0, 0.1) is 0 Å². The van der Waals surface area contributed by atoms with Gasteiger partial charge >= 0.3 is 0 Å². The summed E-state index contributed by atoms with van der Waals surface area (Å²) in [5, 5.41) is 19.2. The van der Waals surface area contributed by atoms with Gasteiger partial charge in [0, 0.05) is 44.9 Å². The highest BCUT2D eigenvalue weighted by molar-refractivity contribution is 6.50. The lowest BCUT2D eigenvalue weighted by atomic mass is 9.82. The van der Waals surface area contributed by atoms with Crippen molar-refractivity contribution in [2.45, 2.75) is 0 Å². The summed E-state index contributed by atoms with van der Waals surface area (Å²) < 4.78 is 2.41. The third-order valence-corrected chi connectivity index (χ3v) is 8.25. The molecule has 0 atom stereocenters. The molecule has 0 unspecified atom stereocenters. The minimum absolute atomic E-state index is 1.29. The molecule has 0 amide bonds. The van der Waals surface area contributed by atoms with Crippen LogP contribution in [0.2, 0.25) is 0 Å². The molecule has 0 radical (unpaired) electrons. The standard InChI is InChI=1S/C33H19N/c1-34-26-15-5-4-11-24(26)31-29-21-10-3-2-9-19(21)20-13-7-14-23-22-12-6-8-18-16-17-25(33(31)34)30(27(18)22)32(29)28(20)23/h2-17H,1H3. The number of para-hydroxylation sites is 1. The molecule has 0 saturated carbocycles. The highest BCUT2D eigenvalue weighted by Gasteiger charge is 2.24. The van der Waals surface area contributed by atoms with Gasteiger partial charge in [-0.3, -0.25) is 0 Å². The van der Waals surface area contributed by atoms with E-state index in [4.69, 9.17) is 0 Å². The van der Waals surface area contributed by atoms with Crippen LogP contribution in [-0.4, -0.2) is 4.57 Å². The fraction of sp³-hybridized carbons (Fsp3) is 0.0303. The Morgan fingerprint density at radius 1 is 0.382 bits per heavy atom. The van der Waals surface area contributed by atoms with Gasteiger partial charge < -0.3 is 4.57 Å². The number of aromatic nitrogens is 1. The maximum atomic E-state index is 2.41. The van der Waals surface area contributed by atoms with E-state index in [-0.39, 0.29) is 0 Å². The zero-order chi connectivity index (χ0) is 22.1. The summed E-state index contributed by atoms with van der Waals surface area (Å²) in [5.41, 5.74) is 2.63. The van der Waals surface area contributed by atoms with E-state index in [1.54, 1.807) is 0 Å². The van der Waals surface area contributed by atoms with Crippen molar-refractivity contribution in [2.75, 3.05) is 0 Å². The SMILES string of the molecule is Cn1c2ccccc2c2c3c4ccccc4c4cccc5c6cccc7ccc(c(c76)c3c45)c21. The van der Waals surface area contributed by atoms with Gasteiger partial charge in [-0.2, -0.15) is 0 Å². The Labute approximate surface area is 195 Å². The van der Waals surface area contributed by atoms with Crippen LogP contribution in [0.3, 0.4) is 0 Å². The maximum Gasteiger partial charge on any atom is 0.0575 e.